The number of nitrogens with two attached hydrogens (primary N) is 1. The van der Waals surface area contributed by atoms with E-state index in [4.69, 9.17) is 10.5 Å². The Kier molecular flexibility index (Phi) is 9.03. The number of esters is 1. The molecule has 5 nitrogen and oxygen atoms in total. The fourth-order valence-electron chi connectivity index (χ4n) is 0.979. The van der Waals surface area contributed by atoms with Crippen molar-refractivity contribution in [3.05, 3.63) is 0 Å². The van der Waals surface area contributed by atoms with Gasteiger partial charge in [-0.2, -0.15) is 11.8 Å². The number of hydrogen-bond donors (Lipinski definition) is 2. The van der Waals surface area contributed by atoms with Crippen LogP contribution in [0, 0.1) is 0 Å². The summed E-state index contributed by atoms with van der Waals surface area (Å²) in [5.74, 6) is 1.25. The van der Waals surface area contributed by atoms with E-state index in [1.165, 1.54) is 6.92 Å². The Morgan fingerprint density at radius 3 is 2.69 bits per heavy atom. The Morgan fingerprint density at radius 1 is 1.44 bits per heavy atom. The topological polar surface area (TPSA) is 81.4 Å². The van der Waals surface area contributed by atoms with Crippen LogP contribution < -0.4 is 11.1 Å². The molecule has 94 valence electrons. The molecule has 0 aromatic rings. The molecule has 0 aromatic heterocycles. The highest BCUT2D eigenvalue weighted by Gasteiger charge is 2.13. The number of ether oxygens (including phenoxy) is 1. The number of thioether (sulfide) groups is 1. The minimum atomic E-state index is -0.534. The number of amides is 1. The number of nitrogens with one attached hydrogen (secondary N) is 1. The number of rotatable bonds is 8. The van der Waals surface area contributed by atoms with Crippen LogP contribution in [-0.4, -0.2) is 42.6 Å². The summed E-state index contributed by atoms with van der Waals surface area (Å²) < 4.78 is 4.78. The highest BCUT2D eigenvalue weighted by molar-refractivity contribution is 7.99. The third-order valence-corrected chi connectivity index (χ3v) is 2.80. The maximum Gasteiger partial charge on any atom is 0.322 e. The lowest BCUT2D eigenvalue weighted by Gasteiger charge is -2.09. The van der Waals surface area contributed by atoms with Crippen LogP contribution in [0.5, 0.6) is 0 Å². The third-order valence-electron chi connectivity index (χ3n) is 1.78. The molecule has 0 saturated heterocycles. The van der Waals surface area contributed by atoms with Gasteiger partial charge in [0.15, 0.2) is 0 Å². The summed E-state index contributed by atoms with van der Waals surface area (Å²) in [7, 11) is 0. The number of carbonyl (C=O) groups excluding carboxylic acids is 2. The van der Waals surface area contributed by atoms with Gasteiger partial charge in [0.2, 0.25) is 5.91 Å². The van der Waals surface area contributed by atoms with Crippen LogP contribution in [0.25, 0.3) is 0 Å². The Balaban J connectivity index is 3.37. The lowest BCUT2D eigenvalue weighted by Crippen LogP contribution is -2.33. The van der Waals surface area contributed by atoms with Gasteiger partial charge in [-0.15, -0.1) is 0 Å². The summed E-state index contributed by atoms with van der Waals surface area (Å²) in [6, 6.07) is -0.534. The van der Waals surface area contributed by atoms with Gasteiger partial charge < -0.3 is 15.8 Å². The van der Waals surface area contributed by atoms with Gasteiger partial charge in [-0.05, 0) is 19.1 Å². The van der Waals surface area contributed by atoms with E-state index < -0.39 is 6.04 Å². The number of hydrogen-bond acceptors (Lipinski definition) is 5. The van der Waals surface area contributed by atoms with Crippen LogP contribution in [0.15, 0.2) is 0 Å². The van der Waals surface area contributed by atoms with Crippen LogP contribution >= 0.6 is 11.8 Å². The van der Waals surface area contributed by atoms with Crippen molar-refractivity contribution >= 4 is 23.6 Å². The van der Waals surface area contributed by atoms with Crippen LogP contribution in [0.1, 0.15) is 20.3 Å². The van der Waals surface area contributed by atoms with Crippen molar-refractivity contribution in [3.63, 3.8) is 0 Å². The Morgan fingerprint density at radius 2 is 2.12 bits per heavy atom. The Bertz CT molecular complexity index is 224. The first-order valence-electron chi connectivity index (χ1n) is 5.32. The molecule has 0 aromatic carbocycles. The second-order valence-corrected chi connectivity index (χ2v) is 4.47. The smallest absolute Gasteiger partial charge is 0.322 e. The molecule has 1 atom stereocenters. The van der Waals surface area contributed by atoms with Gasteiger partial charge in [0.1, 0.15) is 6.04 Å². The standard InChI is InChI=1S/C10H20N2O3S/c1-3-15-10(14)9(11)4-6-16-7-5-12-8(2)13/h9H,3-7,11H2,1-2H3,(H,12,13). The van der Waals surface area contributed by atoms with Gasteiger partial charge in [0.25, 0.3) is 0 Å². The molecule has 0 spiro atoms. The monoisotopic (exact) mass is 248 g/mol. The minimum absolute atomic E-state index is 0.0242. The SMILES string of the molecule is CCOC(=O)C(N)CCSCCNC(C)=O. The van der Waals surface area contributed by atoms with Crippen LogP contribution in [0.4, 0.5) is 0 Å². The van der Waals surface area contributed by atoms with Crippen molar-refractivity contribution in [1.29, 1.82) is 0 Å². The molecule has 3 N–H and O–H groups in total. The predicted octanol–water partition coefficient (Wildman–Crippen LogP) is 0.136. The molecule has 1 amide bonds. The molecule has 6 heteroatoms. The first-order chi connectivity index (χ1) is 7.57. The summed E-state index contributed by atoms with van der Waals surface area (Å²) in [6.07, 6.45) is 0.601. The molecule has 0 saturated carbocycles. The molecule has 0 aliphatic rings. The second kappa shape index (κ2) is 9.47. The van der Waals surface area contributed by atoms with Gasteiger partial charge in [-0.25, -0.2) is 0 Å². The maximum atomic E-state index is 11.1. The molecule has 0 fully saturated rings. The molecule has 0 aliphatic heterocycles. The van der Waals surface area contributed by atoms with Crippen LogP contribution in [0.2, 0.25) is 0 Å². The summed E-state index contributed by atoms with van der Waals surface area (Å²) in [5.41, 5.74) is 5.61. The molecule has 1 unspecified atom stereocenters. The average Bonchev–Trinajstić information content (AvgIpc) is 2.22. The van der Waals surface area contributed by atoms with Crippen LogP contribution in [-0.2, 0) is 14.3 Å². The van der Waals surface area contributed by atoms with E-state index in [9.17, 15) is 9.59 Å². The first-order valence-corrected chi connectivity index (χ1v) is 6.47. The first kappa shape index (κ1) is 15.2. The van der Waals surface area contributed by atoms with Gasteiger partial charge >= 0.3 is 5.97 Å². The maximum absolute atomic E-state index is 11.1. The van der Waals surface area contributed by atoms with E-state index in [2.05, 4.69) is 5.32 Å². The minimum Gasteiger partial charge on any atom is -0.465 e. The highest BCUT2D eigenvalue weighted by Crippen LogP contribution is 2.04. The zero-order valence-electron chi connectivity index (χ0n) is 9.82. The van der Waals surface area contributed by atoms with Crippen LogP contribution in [0.3, 0.4) is 0 Å². The van der Waals surface area contributed by atoms with Gasteiger partial charge in [-0.3, -0.25) is 9.59 Å². The Labute approximate surface area is 100 Å². The van der Waals surface area contributed by atoms with Crippen molar-refractivity contribution in [2.45, 2.75) is 26.3 Å². The molecule has 0 radical (unpaired) electrons. The zero-order valence-corrected chi connectivity index (χ0v) is 10.6. The molecule has 0 heterocycles. The van der Waals surface area contributed by atoms with E-state index in [0.717, 1.165) is 11.5 Å². The third kappa shape index (κ3) is 8.55. The molecule has 16 heavy (non-hydrogen) atoms. The van der Waals surface area contributed by atoms with Crippen molar-refractivity contribution in [1.82, 2.24) is 5.32 Å². The van der Waals surface area contributed by atoms with Crippen molar-refractivity contribution < 1.29 is 14.3 Å². The molecular formula is C10H20N2O3S. The largest absolute Gasteiger partial charge is 0.465 e. The fraction of sp³-hybridized carbons (Fsp3) is 0.800. The molecule has 0 bridgehead atoms. The van der Waals surface area contributed by atoms with E-state index in [0.29, 0.717) is 19.6 Å². The summed E-state index contributed by atoms with van der Waals surface area (Å²) in [6.45, 7) is 4.25. The second-order valence-electron chi connectivity index (χ2n) is 3.24. The normalized spacial score (nSPS) is 11.9. The van der Waals surface area contributed by atoms with Crippen molar-refractivity contribution in [2.75, 3.05) is 24.7 Å². The van der Waals surface area contributed by atoms with E-state index >= 15 is 0 Å². The van der Waals surface area contributed by atoms with E-state index in [1.807, 2.05) is 0 Å². The summed E-state index contributed by atoms with van der Waals surface area (Å²) in [4.78, 5) is 21.7. The highest BCUT2D eigenvalue weighted by atomic mass is 32.2. The summed E-state index contributed by atoms with van der Waals surface area (Å²) >= 11 is 1.66. The lowest BCUT2D eigenvalue weighted by molar-refractivity contribution is -0.144. The van der Waals surface area contributed by atoms with E-state index in [1.54, 1.807) is 18.7 Å². The van der Waals surface area contributed by atoms with Gasteiger partial charge in [-0.1, -0.05) is 0 Å². The van der Waals surface area contributed by atoms with Crippen molar-refractivity contribution in [3.8, 4) is 0 Å². The van der Waals surface area contributed by atoms with Gasteiger partial charge in [0, 0.05) is 19.2 Å². The van der Waals surface area contributed by atoms with Gasteiger partial charge in [0.05, 0.1) is 6.61 Å². The quantitative estimate of drug-likeness (QED) is 0.471. The molecular weight excluding hydrogens is 228 g/mol. The van der Waals surface area contributed by atoms with Crippen molar-refractivity contribution in [2.24, 2.45) is 5.73 Å². The lowest BCUT2D eigenvalue weighted by atomic mass is 10.2. The summed E-state index contributed by atoms with van der Waals surface area (Å²) in [5, 5.41) is 2.69. The average molecular weight is 248 g/mol. The van der Waals surface area contributed by atoms with E-state index in [-0.39, 0.29) is 11.9 Å². The molecule has 0 rings (SSSR count). The zero-order chi connectivity index (χ0) is 12.4. The molecule has 0 aliphatic carbocycles. The number of carbonyl (C=O) groups is 2. The predicted molar refractivity (Wildman–Crippen MR) is 65.2 cm³/mol. The Hall–Kier alpha value is -0.750. The fourth-order valence-corrected chi connectivity index (χ4v) is 1.85.